The van der Waals surface area contributed by atoms with Gasteiger partial charge in [-0.1, -0.05) is 42.5 Å². The van der Waals surface area contributed by atoms with Gasteiger partial charge in [0, 0.05) is 0 Å². The average molecular weight is 254 g/mol. The van der Waals surface area contributed by atoms with Gasteiger partial charge < -0.3 is 10.5 Å². The zero-order valence-corrected chi connectivity index (χ0v) is 10.4. The summed E-state index contributed by atoms with van der Waals surface area (Å²) in [5, 5.41) is 10.6. The number of nitriles is 1. The summed E-state index contributed by atoms with van der Waals surface area (Å²) in [5.41, 5.74) is 6.72. The predicted molar refractivity (Wildman–Crippen MR) is 72.2 cm³/mol. The molecule has 0 fully saturated rings. The van der Waals surface area contributed by atoms with Crippen molar-refractivity contribution in [2.45, 2.75) is 12.5 Å². The van der Waals surface area contributed by atoms with Gasteiger partial charge in [0.25, 0.3) is 0 Å². The van der Waals surface area contributed by atoms with Crippen LogP contribution in [0.4, 0.5) is 0 Å². The Morgan fingerprint density at radius 2 is 2.00 bits per heavy atom. The molecule has 0 bridgehead atoms. The third-order valence-corrected chi connectivity index (χ3v) is 2.85. The van der Waals surface area contributed by atoms with E-state index >= 15 is 0 Å². The van der Waals surface area contributed by atoms with Crippen molar-refractivity contribution in [2.75, 3.05) is 6.61 Å². The summed E-state index contributed by atoms with van der Waals surface area (Å²) in [6.07, 6.45) is 0.398. The highest BCUT2D eigenvalue weighted by atomic mass is 16.5. The highest BCUT2D eigenvalue weighted by Gasteiger charge is 2.15. The van der Waals surface area contributed by atoms with Gasteiger partial charge in [-0.3, -0.25) is 4.79 Å². The first-order valence-electron chi connectivity index (χ1n) is 5.97. The molecule has 2 aromatic carbocycles. The van der Waals surface area contributed by atoms with Crippen molar-refractivity contribution in [3.8, 4) is 6.07 Å². The molecular formula is C15H14N2O2. The lowest BCUT2D eigenvalue weighted by Gasteiger charge is -2.10. The minimum absolute atomic E-state index is 0.260. The van der Waals surface area contributed by atoms with E-state index in [0.29, 0.717) is 6.42 Å². The number of nitrogens with two attached hydrogens (primary N) is 1. The summed E-state index contributed by atoms with van der Waals surface area (Å²) in [6.45, 7) is -0.260. The molecule has 0 spiro atoms. The Morgan fingerprint density at radius 1 is 1.26 bits per heavy atom. The molecule has 4 heteroatoms. The summed E-state index contributed by atoms with van der Waals surface area (Å²) in [5.74, 6) is -0.547. The van der Waals surface area contributed by atoms with E-state index in [2.05, 4.69) is 4.74 Å². The van der Waals surface area contributed by atoms with Crippen LogP contribution in [0.15, 0.2) is 42.5 Å². The van der Waals surface area contributed by atoms with E-state index in [1.165, 1.54) is 0 Å². The molecule has 0 aromatic heterocycles. The Labute approximate surface area is 111 Å². The molecule has 4 nitrogen and oxygen atoms in total. The van der Waals surface area contributed by atoms with Gasteiger partial charge in [0.05, 0.1) is 0 Å². The fourth-order valence-electron chi connectivity index (χ4n) is 1.91. The zero-order valence-electron chi connectivity index (χ0n) is 10.4. The molecule has 2 N–H and O–H groups in total. The predicted octanol–water partition coefficient (Wildman–Crippen LogP) is 1.78. The van der Waals surface area contributed by atoms with Crippen molar-refractivity contribution in [1.82, 2.24) is 0 Å². The second-order valence-corrected chi connectivity index (χ2v) is 4.26. The number of carbonyl (C=O) groups excluding carboxylic acids is 1. The maximum atomic E-state index is 11.5. The third-order valence-electron chi connectivity index (χ3n) is 2.85. The molecule has 2 aromatic rings. The smallest absolute Gasteiger partial charge is 0.324 e. The van der Waals surface area contributed by atoms with Crippen molar-refractivity contribution in [3.05, 3.63) is 48.0 Å². The Morgan fingerprint density at radius 3 is 2.74 bits per heavy atom. The molecule has 0 aliphatic rings. The molecule has 0 amide bonds. The van der Waals surface area contributed by atoms with E-state index in [-0.39, 0.29) is 6.61 Å². The van der Waals surface area contributed by atoms with Gasteiger partial charge >= 0.3 is 5.97 Å². The highest BCUT2D eigenvalue weighted by Crippen LogP contribution is 2.16. The maximum absolute atomic E-state index is 11.5. The van der Waals surface area contributed by atoms with Gasteiger partial charge in [-0.05, 0) is 22.8 Å². The van der Waals surface area contributed by atoms with Gasteiger partial charge in [0.1, 0.15) is 12.1 Å². The second kappa shape index (κ2) is 5.98. The van der Waals surface area contributed by atoms with Gasteiger partial charge in [-0.2, -0.15) is 5.26 Å². The van der Waals surface area contributed by atoms with Crippen LogP contribution in [0, 0.1) is 11.3 Å². The van der Waals surface area contributed by atoms with E-state index in [0.717, 1.165) is 16.3 Å². The van der Waals surface area contributed by atoms with Crippen molar-refractivity contribution in [1.29, 1.82) is 5.26 Å². The average Bonchev–Trinajstić information content (AvgIpc) is 2.44. The zero-order chi connectivity index (χ0) is 13.7. The molecular weight excluding hydrogens is 240 g/mol. The van der Waals surface area contributed by atoms with Gasteiger partial charge in [-0.25, -0.2) is 0 Å². The number of hydrogen-bond donors (Lipinski definition) is 1. The molecule has 1 atom stereocenters. The third kappa shape index (κ3) is 3.30. The van der Waals surface area contributed by atoms with Crippen LogP contribution in [0.2, 0.25) is 0 Å². The van der Waals surface area contributed by atoms with E-state index in [1.54, 1.807) is 6.07 Å². The summed E-state index contributed by atoms with van der Waals surface area (Å²) in [6, 6.07) is 14.9. The minimum atomic E-state index is -0.741. The normalized spacial score (nSPS) is 11.8. The SMILES string of the molecule is N#CCOC(=O)[C@@H](N)Cc1ccc2ccccc2c1. The van der Waals surface area contributed by atoms with E-state index in [4.69, 9.17) is 11.0 Å². The number of ether oxygens (including phenoxy) is 1. The van der Waals surface area contributed by atoms with Crippen molar-refractivity contribution >= 4 is 16.7 Å². The fraction of sp³-hybridized carbons (Fsp3) is 0.200. The van der Waals surface area contributed by atoms with Gasteiger partial charge in [0.2, 0.25) is 0 Å². The molecule has 0 radical (unpaired) electrons. The minimum Gasteiger partial charge on any atom is -0.449 e. The van der Waals surface area contributed by atoms with Crippen LogP contribution < -0.4 is 5.73 Å². The number of hydrogen-bond acceptors (Lipinski definition) is 4. The van der Waals surface area contributed by atoms with Crippen molar-refractivity contribution in [2.24, 2.45) is 5.73 Å². The molecule has 0 unspecified atom stereocenters. The Bertz CT molecular complexity index is 631. The van der Waals surface area contributed by atoms with Crippen molar-refractivity contribution in [3.63, 3.8) is 0 Å². The maximum Gasteiger partial charge on any atom is 0.324 e. The summed E-state index contributed by atoms with van der Waals surface area (Å²) in [7, 11) is 0. The summed E-state index contributed by atoms with van der Waals surface area (Å²) >= 11 is 0. The molecule has 0 heterocycles. The van der Waals surface area contributed by atoms with Crippen LogP contribution in [0.3, 0.4) is 0 Å². The summed E-state index contributed by atoms with van der Waals surface area (Å²) in [4.78, 5) is 11.5. The standard InChI is InChI=1S/C15H14N2O2/c16-7-8-19-15(18)14(17)10-11-5-6-12-3-1-2-4-13(12)9-11/h1-6,9,14H,8,10,17H2/t14-/m0/s1. The lowest BCUT2D eigenvalue weighted by Crippen LogP contribution is -2.34. The van der Waals surface area contributed by atoms with E-state index in [9.17, 15) is 4.79 Å². The first-order chi connectivity index (χ1) is 9.20. The number of fused-ring (bicyclic) bond motifs is 1. The molecule has 0 aliphatic carbocycles. The molecule has 96 valence electrons. The Hall–Kier alpha value is -2.38. The lowest BCUT2D eigenvalue weighted by atomic mass is 10.0. The molecule has 0 saturated carbocycles. The van der Waals surface area contributed by atoms with E-state index in [1.807, 2.05) is 42.5 Å². The van der Waals surface area contributed by atoms with E-state index < -0.39 is 12.0 Å². The number of rotatable bonds is 4. The largest absolute Gasteiger partial charge is 0.449 e. The first kappa shape index (κ1) is 13.1. The quantitative estimate of drug-likeness (QED) is 0.844. The molecule has 19 heavy (non-hydrogen) atoms. The molecule has 0 saturated heterocycles. The fourth-order valence-corrected chi connectivity index (χ4v) is 1.91. The summed E-state index contributed by atoms with van der Waals surface area (Å²) < 4.78 is 4.69. The number of esters is 1. The topological polar surface area (TPSA) is 76.1 Å². The van der Waals surface area contributed by atoms with Crippen LogP contribution in [-0.4, -0.2) is 18.6 Å². The van der Waals surface area contributed by atoms with Crippen LogP contribution in [-0.2, 0) is 16.0 Å². The monoisotopic (exact) mass is 254 g/mol. The number of carbonyl (C=O) groups is 1. The Kier molecular flexibility index (Phi) is 4.11. The lowest BCUT2D eigenvalue weighted by molar-refractivity contribution is -0.143. The van der Waals surface area contributed by atoms with Crippen LogP contribution >= 0.6 is 0 Å². The molecule has 0 aliphatic heterocycles. The Balaban J connectivity index is 2.08. The van der Waals surface area contributed by atoms with Crippen LogP contribution in [0.25, 0.3) is 10.8 Å². The highest BCUT2D eigenvalue weighted by molar-refractivity contribution is 5.83. The van der Waals surface area contributed by atoms with Gasteiger partial charge in [0.15, 0.2) is 6.61 Å². The number of nitrogens with zero attached hydrogens (tertiary/aromatic N) is 1. The van der Waals surface area contributed by atoms with Crippen molar-refractivity contribution < 1.29 is 9.53 Å². The van der Waals surface area contributed by atoms with Crippen LogP contribution in [0.1, 0.15) is 5.56 Å². The van der Waals surface area contributed by atoms with Gasteiger partial charge in [-0.15, -0.1) is 0 Å². The first-order valence-corrected chi connectivity index (χ1v) is 5.97. The molecule has 2 rings (SSSR count). The second-order valence-electron chi connectivity index (χ2n) is 4.26. The number of benzene rings is 2. The van der Waals surface area contributed by atoms with Crippen LogP contribution in [0.5, 0.6) is 0 Å².